The van der Waals surface area contributed by atoms with E-state index in [1.807, 2.05) is 12.1 Å². The lowest BCUT2D eigenvalue weighted by Crippen LogP contribution is -2.50. The van der Waals surface area contributed by atoms with Crippen LogP contribution in [0.2, 0.25) is 0 Å². The molecule has 2 rings (SSSR count). The Balaban J connectivity index is 2.51. The molecule has 5 N–H and O–H groups in total. The Morgan fingerprint density at radius 3 is 2.48 bits per heavy atom. The van der Waals surface area contributed by atoms with Gasteiger partial charge in [0, 0.05) is 18.3 Å². The topological polar surface area (TPSA) is 72.3 Å². The van der Waals surface area contributed by atoms with Crippen molar-refractivity contribution in [2.24, 2.45) is 16.6 Å². The molecule has 0 saturated carbocycles. The Bertz CT molecular complexity index is 558. The van der Waals surface area contributed by atoms with E-state index in [9.17, 15) is 5.11 Å². The average molecular weight is 288 g/mol. The Hall–Kier alpha value is -1.32. The van der Waals surface area contributed by atoms with Crippen LogP contribution in [0.25, 0.3) is 5.57 Å². The minimum atomic E-state index is -0.0467. The van der Waals surface area contributed by atoms with Gasteiger partial charge in [-0.15, -0.1) is 0 Å². The highest BCUT2D eigenvalue weighted by atomic mass is 16.2. The van der Waals surface area contributed by atoms with Crippen LogP contribution in [-0.2, 0) is 6.42 Å². The summed E-state index contributed by atoms with van der Waals surface area (Å²) in [7, 11) is 0. The number of allylic oxidation sites excluding steroid dienone is 1. The molecule has 0 fully saturated rings. The maximum absolute atomic E-state index is 9.30. The lowest BCUT2D eigenvalue weighted by molar-refractivity contribution is 0.176. The quantitative estimate of drug-likeness (QED) is 0.749. The second kappa shape index (κ2) is 5.47. The first-order chi connectivity index (χ1) is 9.67. The molecule has 0 amide bonds. The monoisotopic (exact) mass is 288 g/mol. The van der Waals surface area contributed by atoms with Crippen LogP contribution in [0.15, 0.2) is 24.3 Å². The zero-order chi connectivity index (χ0) is 15.8. The summed E-state index contributed by atoms with van der Waals surface area (Å²) in [5, 5.41) is 9.30. The number of nitrogen functional groups attached to an aromatic ring is 1. The number of hydrogen-bond donors (Lipinski definition) is 3. The molecule has 0 bridgehead atoms. The van der Waals surface area contributed by atoms with E-state index >= 15 is 0 Å². The van der Waals surface area contributed by atoms with Crippen molar-refractivity contribution in [1.29, 1.82) is 0 Å². The molecule has 0 saturated heterocycles. The minimum absolute atomic E-state index is 0.0467. The maximum atomic E-state index is 9.30. The fraction of sp³-hybridized carbons (Fsp3) is 0.556. The SMILES string of the molecule is CC1(C)C=C(c2ccc(N)cc2CCO)CC(C)(C)C1N. The van der Waals surface area contributed by atoms with Gasteiger partial charge in [0.2, 0.25) is 0 Å². The molecule has 1 unspecified atom stereocenters. The molecular formula is C18H28N2O. The van der Waals surface area contributed by atoms with Crippen LogP contribution in [0.5, 0.6) is 0 Å². The van der Waals surface area contributed by atoms with Gasteiger partial charge in [0.1, 0.15) is 0 Å². The Morgan fingerprint density at radius 1 is 1.24 bits per heavy atom. The fourth-order valence-electron chi connectivity index (χ4n) is 3.62. The van der Waals surface area contributed by atoms with Gasteiger partial charge in [0.25, 0.3) is 0 Å². The molecule has 0 aromatic heterocycles. The number of benzene rings is 1. The molecule has 3 nitrogen and oxygen atoms in total. The van der Waals surface area contributed by atoms with Crippen LogP contribution in [0, 0.1) is 10.8 Å². The molecule has 1 aromatic rings. The number of anilines is 1. The predicted octanol–water partition coefficient (Wildman–Crippen LogP) is 2.97. The highest BCUT2D eigenvalue weighted by Gasteiger charge is 2.41. The molecule has 3 heteroatoms. The number of rotatable bonds is 3. The summed E-state index contributed by atoms with van der Waals surface area (Å²) in [5.74, 6) is 0. The molecule has 0 aliphatic heterocycles. The highest BCUT2D eigenvalue weighted by Crippen LogP contribution is 2.47. The first-order valence-electron chi connectivity index (χ1n) is 7.64. The third-order valence-corrected chi connectivity index (χ3v) is 4.69. The Morgan fingerprint density at radius 2 is 1.90 bits per heavy atom. The van der Waals surface area contributed by atoms with E-state index in [1.54, 1.807) is 0 Å². The van der Waals surface area contributed by atoms with Crippen molar-refractivity contribution in [2.75, 3.05) is 12.3 Å². The van der Waals surface area contributed by atoms with Gasteiger partial charge in [-0.2, -0.15) is 0 Å². The van der Waals surface area contributed by atoms with Crippen LogP contribution >= 0.6 is 0 Å². The smallest absolute Gasteiger partial charge is 0.0471 e. The van der Waals surface area contributed by atoms with Crippen LogP contribution in [-0.4, -0.2) is 17.8 Å². The fourth-order valence-corrected chi connectivity index (χ4v) is 3.62. The number of aliphatic hydroxyl groups excluding tert-OH is 1. The van der Waals surface area contributed by atoms with E-state index in [1.165, 1.54) is 11.1 Å². The van der Waals surface area contributed by atoms with Gasteiger partial charge < -0.3 is 16.6 Å². The summed E-state index contributed by atoms with van der Waals surface area (Å²) >= 11 is 0. The normalized spacial score (nSPS) is 23.7. The second-order valence-electron chi connectivity index (χ2n) is 7.52. The van der Waals surface area contributed by atoms with Gasteiger partial charge in [-0.1, -0.05) is 39.8 Å². The van der Waals surface area contributed by atoms with E-state index < -0.39 is 0 Å². The van der Waals surface area contributed by atoms with Gasteiger partial charge in [-0.05, 0) is 52.5 Å². The Labute approximate surface area is 128 Å². The molecule has 1 aliphatic carbocycles. The van der Waals surface area contributed by atoms with Gasteiger partial charge >= 0.3 is 0 Å². The van der Waals surface area contributed by atoms with Gasteiger partial charge in [0.05, 0.1) is 0 Å². The molecule has 21 heavy (non-hydrogen) atoms. The molecule has 116 valence electrons. The van der Waals surface area contributed by atoms with E-state index in [0.717, 1.165) is 17.7 Å². The van der Waals surface area contributed by atoms with E-state index in [4.69, 9.17) is 11.5 Å². The zero-order valence-corrected chi connectivity index (χ0v) is 13.6. The Kier molecular flexibility index (Phi) is 4.18. The van der Waals surface area contributed by atoms with Crippen molar-refractivity contribution >= 4 is 11.3 Å². The summed E-state index contributed by atoms with van der Waals surface area (Å²) in [6, 6.07) is 6.12. The highest BCUT2D eigenvalue weighted by molar-refractivity contribution is 5.72. The molecule has 0 radical (unpaired) electrons. The molecular weight excluding hydrogens is 260 g/mol. The predicted molar refractivity (Wildman–Crippen MR) is 89.8 cm³/mol. The van der Waals surface area contributed by atoms with Crippen molar-refractivity contribution < 1.29 is 5.11 Å². The lowest BCUT2D eigenvalue weighted by Gasteiger charge is -2.46. The standard InChI is InChI=1S/C18H28N2O/c1-17(2)10-13(11-18(3,4)16(17)20)15-6-5-14(19)9-12(15)7-8-21/h5-6,9-10,16,21H,7-8,11,19-20H2,1-4H3. The molecule has 1 atom stereocenters. The summed E-state index contributed by atoms with van der Waals surface area (Å²) in [4.78, 5) is 0. The number of aliphatic hydroxyl groups is 1. The van der Waals surface area contributed by atoms with Gasteiger partial charge in [-0.25, -0.2) is 0 Å². The minimum Gasteiger partial charge on any atom is -0.399 e. The summed E-state index contributed by atoms with van der Waals surface area (Å²) in [5.41, 5.74) is 16.7. The first-order valence-corrected chi connectivity index (χ1v) is 7.64. The van der Waals surface area contributed by atoms with E-state index in [-0.39, 0.29) is 23.5 Å². The molecule has 0 heterocycles. The van der Waals surface area contributed by atoms with Crippen molar-refractivity contribution in [3.63, 3.8) is 0 Å². The average Bonchev–Trinajstić information content (AvgIpc) is 2.35. The van der Waals surface area contributed by atoms with Crippen LogP contribution < -0.4 is 11.5 Å². The summed E-state index contributed by atoms with van der Waals surface area (Å²) in [6.45, 7) is 8.99. The third-order valence-electron chi connectivity index (χ3n) is 4.69. The lowest BCUT2D eigenvalue weighted by atomic mass is 9.62. The maximum Gasteiger partial charge on any atom is 0.0471 e. The van der Waals surface area contributed by atoms with Gasteiger partial charge in [0.15, 0.2) is 0 Å². The molecule has 1 aliphatic rings. The largest absolute Gasteiger partial charge is 0.399 e. The van der Waals surface area contributed by atoms with Crippen LogP contribution in [0.1, 0.15) is 45.2 Å². The van der Waals surface area contributed by atoms with E-state index in [0.29, 0.717) is 6.42 Å². The first kappa shape index (κ1) is 16.1. The summed E-state index contributed by atoms with van der Waals surface area (Å²) < 4.78 is 0. The molecule has 1 aromatic carbocycles. The van der Waals surface area contributed by atoms with Gasteiger partial charge in [-0.3, -0.25) is 0 Å². The summed E-state index contributed by atoms with van der Waals surface area (Å²) in [6.07, 6.45) is 3.87. The molecule has 0 spiro atoms. The van der Waals surface area contributed by atoms with Crippen molar-refractivity contribution in [2.45, 2.75) is 46.6 Å². The second-order valence-corrected chi connectivity index (χ2v) is 7.52. The van der Waals surface area contributed by atoms with E-state index in [2.05, 4.69) is 39.8 Å². The van der Waals surface area contributed by atoms with Crippen LogP contribution in [0.3, 0.4) is 0 Å². The van der Waals surface area contributed by atoms with Crippen LogP contribution in [0.4, 0.5) is 5.69 Å². The number of hydrogen-bond acceptors (Lipinski definition) is 3. The zero-order valence-electron chi connectivity index (χ0n) is 13.6. The number of nitrogens with two attached hydrogens (primary N) is 2. The van der Waals surface area contributed by atoms with Crippen molar-refractivity contribution in [3.8, 4) is 0 Å². The van der Waals surface area contributed by atoms with Crippen molar-refractivity contribution in [1.82, 2.24) is 0 Å². The van der Waals surface area contributed by atoms with Crippen molar-refractivity contribution in [3.05, 3.63) is 35.4 Å². The third kappa shape index (κ3) is 3.14.